The van der Waals surface area contributed by atoms with Crippen LogP contribution in [0.2, 0.25) is 0 Å². The molecule has 6 nitrogen and oxygen atoms in total. The summed E-state index contributed by atoms with van der Waals surface area (Å²) in [6, 6.07) is 0. The number of carboxylic acid groups (broad SMARTS) is 1. The predicted octanol–water partition coefficient (Wildman–Crippen LogP) is -0.815. The maximum absolute atomic E-state index is 11.5. The standard InChI is InChI=1S/C9H14N2O4/c10-7(12)2-1-4-11-5-3-6(8(11)13)9(14)15/h6H,1-5H2,(H2,10,12)(H,14,15). The van der Waals surface area contributed by atoms with Gasteiger partial charge in [-0.25, -0.2) is 0 Å². The van der Waals surface area contributed by atoms with Crippen LogP contribution in [0, 0.1) is 5.92 Å². The van der Waals surface area contributed by atoms with Gasteiger partial charge in [-0.3, -0.25) is 14.4 Å². The van der Waals surface area contributed by atoms with Gasteiger partial charge >= 0.3 is 5.97 Å². The van der Waals surface area contributed by atoms with E-state index in [2.05, 4.69) is 0 Å². The molecule has 1 unspecified atom stereocenters. The van der Waals surface area contributed by atoms with Gasteiger partial charge in [-0.05, 0) is 12.8 Å². The van der Waals surface area contributed by atoms with Crippen molar-refractivity contribution in [3.8, 4) is 0 Å². The number of rotatable bonds is 5. The lowest BCUT2D eigenvalue weighted by Gasteiger charge is -2.14. The van der Waals surface area contributed by atoms with Crippen molar-refractivity contribution >= 4 is 17.8 Å². The lowest BCUT2D eigenvalue weighted by molar-refractivity contribution is -0.147. The van der Waals surface area contributed by atoms with Gasteiger partial charge in [0, 0.05) is 19.5 Å². The van der Waals surface area contributed by atoms with Gasteiger partial charge in [-0.1, -0.05) is 0 Å². The van der Waals surface area contributed by atoms with Crippen LogP contribution >= 0.6 is 0 Å². The minimum atomic E-state index is -1.07. The Morgan fingerprint density at radius 3 is 2.67 bits per heavy atom. The van der Waals surface area contributed by atoms with Gasteiger partial charge in [0.15, 0.2) is 0 Å². The average molecular weight is 214 g/mol. The molecule has 0 saturated carbocycles. The number of likely N-dealkylation sites (tertiary alicyclic amines) is 1. The lowest BCUT2D eigenvalue weighted by Crippen LogP contribution is -2.31. The Bertz CT molecular complexity index is 290. The summed E-state index contributed by atoms with van der Waals surface area (Å²) < 4.78 is 0. The van der Waals surface area contributed by atoms with E-state index >= 15 is 0 Å². The van der Waals surface area contributed by atoms with Crippen LogP contribution in [0.5, 0.6) is 0 Å². The molecule has 0 bridgehead atoms. The Morgan fingerprint density at radius 1 is 1.53 bits per heavy atom. The molecule has 0 aliphatic carbocycles. The molecule has 0 aromatic heterocycles. The number of amides is 2. The van der Waals surface area contributed by atoms with Gasteiger partial charge in [0.25, 0.3) is 0 Å². The molecule has 1 rings (SSSR count). The van der Waals surface area contributed by atoms with Crippen molar-refractivity contribution in [2.45, 2.75) is 19.3 Å². The van der Waals surface area contributed by atoms with Crippen molar-refractivity contribution in [2.75, 3.05) is 13.1 Å². The van der Waals surface area contributed by atoms with E-state index < -0.39 is 17.8 Å². The van der Waals surface area contributed by atoms with E-state index in [1.165, 1.54) is 4.90 Å². The second-order valence-corrected chi connectivity index (χ2v) is 3.57. The predicted molar refractivity (Wildman–Crippen MR) is 50.8 cm³/mol. The molecule has 2 amide bonds. The van der Waals surface area contributed by atoms with E-state index in [1.54, 1.807) is 0 Å². The summed E-state index contributed by atoms with van der Waals surface area (Å²) in [4.78, 5) is 34.0. The summed E-state index contributed by atoms with van der Waals surface area (Å²) in [7, 11) is 0. The van der Waals surface area contributed by atoms with Crippen LogP contribution in [0.15, 0.2) is 0 Å². The number of hydrogen-bond donors (Lipinski definition) is 2. The van der Waals surface area contributed by atoms with Crippen LogP contribution in [-0.4, -0.2) is 40.9 Å². The fourth-order valence-corrected chi connectivity index (χ4v) is 1.63. The summed E-state index contributed by atoms with van der Waals surface area (Å²) in [6.07, 6.45) is 1.07. The highest BCUT2D eigenvalue weighted by Gasteiger charge is 2.36. The van der Waals surface area contributed by atoms with Crippen molar-refractivity contribution in [3.63, 3.8) is 0 Å². The molecule has 0 radical (unpaired) electrons. The smallest absolute Gasteiger partial charge is 0.316 e. The molecule has 1 atom stereocenters. The molecule has 1 aliphatic rings. The summed E-state index contributed by atoms with van der Waals surface area (Å²) in [5.41, 5.74) is 4.95. The van der Waals surface area contributed by atoms with Crippen molar-refractivity contribution in [1.82, 2.24) is 4.90 Å². The first-order chi connectivity index (χ1) is 7.02. The Morgan fingerprint density at radius 2 is 2.20 bits per heavy atom. The first kappa shape index (κ1) is 11.5. The number of carboxylic acids is 1. The number of aliphatic carboxylic acids is 1. The van der Waals surface area contributed by atoms with E-state index in [9.17, 15) is 14.4 Å². The lowest BCUT2D eigenvalue weighted by atomic mass is 10.1. The number of carbonyl (C=O) groups excluding carboxylic acids is 2. The highest BCUT2D eigenvalue weighted by Crippen LogP contribution is 2.18. The van der Waals surface area contributed by atoms with E-state index in [-0.39, 0.29) is 12.3 Å². The summed E-state index contributed by atoms with van der Waals surface area (Å²) in [5.74, 6) is -2.74. The third kappa shape index (κ3) is 2.93. The van der Waals surface area contributed by atoms with Gasteiger partial charge < -0.3 is 15.7 Å². The molecule has 3 N–H and O–H groups in total. The van der Waals surface area contributed by atoms with Crippen molar-refractivity contribution < 1.29 is 19.5 Å². The van der Waals surface area contributed by atoms with E-state index in [1.807, 2.05) is 0 Å². The van der Waals surface area contributed by atoms with E-state index in [0.29, 0.717) is 25.9 Å². The van der Waals surface area contributed by atoms with Crippen molar-refractivity contribution in [2.24, 2.45) is 11.7 Å². The summed E-state index contributed by atoms with van der Waals surface area (Å²) in [5, 5.41) is 8.69. The molecule has 84 valence electrons. The van der Waals surface area contributed by atoms with Gasteiger partial charge in [-0.15, -0.1) is 0 Å². The zero-order chi connectivity index (χ0) is 11.4. The first-order valence-corrected chi connectivity index (χ1v) is 4.82. The Kier molecular flexibility index (Phi) is 3.65. The van der Waals surface area contributed by atoms with Gasteiger partial charge in [0.1, 0.15) is 5.92 Å². The van der Waals surface area contributed by atoms with Crippen molar-refractivity contribution in [1.29, 1.82) is 0 Å². The number of nitrogens with zero attached hydrogens (tertiary/aromatic N) is 1. The zero-order valence-corrected chi connectivity index (χ0v) is 8.31. The highest BCUT2D eigenvalue weighted by molar-refractivity contribution is 5.98. The fourth-order valence-electron chi connectivity index (χ4n) is 1.63. The third-order valence-electron chi connectivity index (χ3n) is 2.45. The first-order valence-electron chi connectivity index (χ1n) is 4.82. The number of carbonyl (C=O) groups is 3. The molecule has 1 aliphatic heterocycles. The minimum absolute atomic E-state index is 0.224. The normalized spacial score (nSPS) is 20.7. The molecule has 1 fully saturated rings. The largest absolute Gasteiger partial charge is 0.481 e. The van der Waals surface area contributed by atoms with Crippen LogP contribution < -0.4 is 5.73 Å². The molecule has 6 heteroatoms. The summed E-state index contributed by atoms with van der Waals surface area (Å²) in [6.45, 7) is 0.861. The van der Waals surface area contributed by atoms with Crippen LogP contribution in [0.25, 0.3) is 0 Å². The Hall–Kier alpha value is -1.59. The maximum atomic E-state index is 11.5. The molecule has 0 aromatic rings. The quantitative estimate of drug-likeness (QED) is 0.584. The van der Waals surface area contributed by atoms with E-state index in [4.69, 9.17) is 10.8 Å². The van der Waals surface area contributed by atoms with Crippen molar-refractivity contribution in [3.05, 3.63) is 0 Å². The van der Waals surface area contributed by atoms with Gasteiger partial charge in [-0.2, -0.15) is 0 Å². The van der Waals surface area contributed by atoms with Crippen LogP contribution in [0.3, 0.4) is 0 Å². The number of hydrogen-bond acceptors (Lipinski definition) is 3. The van der Waals surface area contributed by atoms with Gasteiger partial charge in [0.05, 0.1) is 0 Å². The Balaban J connectivity index is 2.36. The average Bonchev–Trinajstić information content (AvgIpc) is 2.47. The minimum Gasteiger partial charge on any atom is -0.481 e. The second kappa shape index (κ2) is 4.77. The highest BCUT2D eigenvalue weighted by atomic mass is 16.4. The van der Waals surface area contributed by atoms with Crippen LogP contribution in [0.1, 0.15) is 19.3 Å². The molecule has 0 spiro atoms. The molecule has 0 aromatic carbocycles. The molecule has 15 heavy (non-hydrogen) atoms. The third-order valence-corrected chi connectivity index (χ3v) is 2.45. The van der Waals surface area contributed by atoms with Crippen LogP contribution in [0.4, 0.5) is 0 Å². The Labute approximate surface area is 87.0 Å². The number of nitrogens with two attached hydrogens (primary N) is 1. The van der Waals surface area contributed by atoms with Gasteiger partial charge in [0.2, 0.25) is 11.8 Å². The number of primary amides is 1. The fraction of sp³-hybridized carbons (Fsp3) is 0.667. The topological polar surface area (TPSA) is 101 Å². The maximum Gasteiger partial charge on any atom is 0.316 e. The monoisotopic (exact) mass is 214 g/mol. The summed E-state index contributed by atoms with van der Waals surface area (Å²) >= 11 is 0. The SMILES string of the molecule is NC(=O)CCCN1CCC(C(=O)O)C1=O. The molecular formula is C9H14N2O4. The zero-order valence-electron chi connectivity index (χ0n) is 8.31. The second-order valence-electron chi connectivity index (χ2n) is 3.57. The van der Waals surface area contributed by atoms with E-state index in [0.717, 1.165) is 0 Å². The van der Waals surface area contributed by atoms with Crippen LogP contribution in [-0.2, 0) is 14.4 Å². The molecular weight excluding hydrogens is 200 g/mol. The molecule has 1 heterocycles. The molecule has 1 saturated heterocycles.